The van der Waals surface area contributed by atoms with Crippen LogP contribution in [0.2, 0.25) is 0 Å². The lowest BCUT2D eigenvalue weighted by atomic mass is 10.0. The van der Waals surface area contributed by atoms with Crippen LogP contribution in [0.15, 0.2) is 18.2 Å². The number of carbonyl (C=O) groups excluding carboxylic acids is 4. The summed E-state index contributed by atoms with van der Waals surface area (Å²) in [7, 11) is 0. The topological polar surface area (TPSA) is 144 Å². The third-order valence-corrected chi connectivity index (χ3v) is 6.04. The average Bonchev–Trinajstić information content (AvgIpc) is 3.27. The SMILES string of the molecule is NCc1nnc2n1CCN(Cc1cccc3c1C(=O)N(C1CCC(=O)NC1=O)C3=O)C2. The van der Waals surface area contributed by atoms with Gasteiger partial charge >= 0.3 is 0 Å². The van der Waals surface area contributed by atoms with Crippen molar-refractivity contribution in [1.29, 1.82) is 0 Å². The molecule has 0 spiro atoms. The van der Waals surface area contributed by atoms with Gasteiger partial charge in [0.15, 0.2) is 0 Å². The van der Waals surface area contributed by atoms with Gasteiger partial charge in [-0.1, -0.05) is 12.1 Å². The van der Waals surface area contributed by atoms with Crippen molar-refractivity contribution in [2.24, 2.45) is 5.73 Å². The molecule has 11 heteroatoms. The highest BCUT2D eigenvalue weighted by Crippen LogP contribution is 2.31. The minimum absolute atomic E-state index is 0.0932. The van der Waals surface area contributed by atoms with Crippen molar-refractivity contribution in [3.05, 3.63) is 46.5 Å². The van der Waals surface area contributed by atoms with E-state index in [2.05, 4.69) is 20.4 Å². The molecule has 5 rings (SSSR count). The van der Waals surface area contributed by atoms with E-state index in [1.54, 1.807) is 12.1 Å². The van der Waals surface area contributed by atoms with Crippen molar-refractivity contribution in [2.45, 2.75) is 45.1 Å². The number of fused-ring (bicyclic) bond motifs is 2. The van der Waals surface area contributed by atoms with E-state index < -0.39 is 29.7 Å². The molecule has 1 aromatic carbocycles. The van der Waals surface area contributed by atoms with Gasteiger partial charge in [0.25, 0.3) is 11.8 Å². The van der Waals surface area contributed by atoms with Gasteiger partial charge in [-0.05, 0) is 18.1 Å². The van der Waals surface area contributed by atoms with Gasteiger partial charge in [0.2, 0.25) is 11.8 Å². The predicted molar refractivity (Wildman–Crippen MR) is 105 cm³/mol. The summed E-state index contributed by atoms with van der Waals surface area (Å²) in [4.78, 5) is 53.0. The van der Waals surface area contributed by atoms with E-state index in [1.807, 2.05) is 10.6 Å². The molecule has 160 valence electrons. The van der Waals surface area contributed by atoms with E-state index in [1.165, 1.54) is 0 Å². The maximum Gasteiger partial charge on any atom is 0.262 e. The van der Waals surface area contributed by atoms with Crippen LogP contribution in [0, 0.1) is 0 Å². The number of amides is 4. The van der Waals surface area contributed by atoms with Crippen LogP contribution in [0.25, 0.3) is 0 Å². The molecular formula is C20H21N7O4. The average molecular weight is 423 g/mol. The Hall–Kier alpha value is -3.44. The van der Waals surface area contributed by atoms with Gasteiger partial charge in [0.05, 0.1) is 24.2 Å². The van der Waals surface area contributed by atoms with E-state index in [-0.39, 0.29) is 18.4 Å². The fraction of sp³-hybridized carbons (Fsp3) is 0.400. The molecule has 1 fully saturated rings. The van der Waals surface area contributed by atoms with Crippen LogP contribution in [-0.2, 0) is 35.8 Å². The molecule has 1 unspecified atom stereocenters. The summed E-state index contributed by atoms with van der Waals surface area (Å²) in [6, 6.07) is 4.20. The fourth-order valence-electron chi connectivity index (χ4n) is 4.51. The van der Waals surface area contributed by atoms with Crippen LogP contribution in [0.5, 0.6) is 0 Å². The minimum atomic E-state index is -0.971. The summed E-state index contributed by atoms with van der Waals surface area (Å²) in [5.41, 5.74) is 7.04. The van der Waals surface area contributed by atoms with Crippen LogP contribution in [0.4, 0.5) is 0 Å². The Morgan fingerprint density at radius 2 is 1.94 bits per heavy atom. The zero-order chi connectivity index (χ0) is 21.7. The smallest absolute Gasteiger partial charge is 0.262 e. The highest BCUT2D eigenvalue weighted by Gasteiger charge is 2.45. The number of nitrogens with one attached hydrogen (secondary N) is 1. The molecule has 3 aliphatic heterocycles. The van der Waals surface area contributed by atoms with Gasteiger partial charge < -0.3 is 10.3 Å². The zero-order valence-corrected chi connectivity index (χ0v) is 16.7. The largest absolute Gasteiger partial charge is 0.324 e. The molecule has 0 bridgehead atoms. The first-order valence-electron chi connectivity index (χ1n) is 10.1. The van der Waals surface area contributed by atoms with E-state index in [9.17, 15) is 19.2 Å². The number of aromatic nitrogens is 3. The Balaban J connectivity index is 1.40. The number of rotatable bonds is 4. The second-order valence-corrected chi connectivity index (χ2v) is 7.89. The Morgan fingerprint density at radius 1 is 1.10 bits per heavy atom. The van der Waals surface area contributed by atoms with Gasteiger partial charge in [-0.3, -0.25) is 34.3 Å². The first-order valence-corrected chi connectivity index (χ1v) is 10.1. The summed E-state index contributed by atoms with van der Waals surface area (Å²) in [6.07, 6.45) is 0.229. The molecule has 0 aliphatic carbocycles. The van der Waals surface area contributed by atoms with E-state index in [0.717, 1.165) is 28.7 Å². The van der Waals surface area contributed by atoms with Crippen LogP contribution in [0.1, 0.15) is 50.8 Å². The number of hydrogen-bond donors (Lipinski definition) is 2. The normalized spacial score (nSPS) is 21.3. The summed E-state index contributed by atoms with van der Waals surface area (Å²) in [5, 5.41) is 10.5. The molecule has 0 saturated carbocycles. The predicted octanol–water partition coefficient (Wildman–Crippen LogP) is -0.846. The lowest BCUT2D eigenvalue weighted by Gasteiger charge is -2.29. The Labute approximate surface area is 177 Å². The summed E-state index contributed by atoms with van der Waals surface area (Å²) in [5.74, 6) is -0.437. The monoisotopic (exact) mass is 423 g/mol. The van der Waals surface area contributed by atoms with Crippen LogP contribution >= 0.6 is 0 Å². The third kappa shape index (κ3) is 3.13. The molecule has 2 aromatic rings. The molecule has 4 heterocycles. The molecule has 0 radical (unpaired) electrons. The highest BCUT2D eigenvalue weighted by molar-refractivity contribution is 6.24. The number of carbonyl (C=O) groups is 4. The van der Waals surface area contributed by atoms with E-state index >= 15 is 0 Å². The van der Waals surface area contributed by atoms with Crippen molar-refractivity contribution in [3.8, 4) is 0 Å². The maximum absolute atomic E-state index is 13.2. The minimum Gasteiger partial charge on any atom is -0.324 e. The molecule has 1 aromatic heterocycles. The molecule has 11 nitrogen and oxygen atoms in total. The molecule has 3 N–H and O–H groups in total. The van der Waals surface area contributed by atoms with Crippen LogP contribution in [0.3, 0.4) is 0 Å². The van der Waals surface area contributed by atoms with Crippen LogP contribution < -0.4 is 11.1 Å². The summed E-state index contributed by atoms with van der Waals surface area (Å²) < 4.78 is 2.01. The second-order valence-electron chi connectivity index (χ2n) is 7.89. The van der Waals surface area contributed by atoms with E-state index in [0.29, 0.717) is 31.7 Å². The number of benzene rings is 1. The second kappa shape index (κ2) is 7.36. The molecule has 1 saturated heterocycles. The number of nitrogens with zero attached hydrogens (tertiary/aromatic N) is 5. The molecule has 4 amide bonds. The quantitative estimate of drug-likeness (QED) is 0.606. The summed E-state index contributed by atoms with van der Waals surface area (Å²) in [6.45, 7) is 2.75. The van der Waals surface area contributed by atoms with Gasteiger partial charge in [0, 0.05) is 26.1 Å². The summed E-state index contributed by atoms with van der Waals surface area (Å²) >= 11 is 0. The van der Waals surface area contributed by atoms with Crippen molar-refractivity contribution < 1.29 is 19.2 Å². The Bertz CT molecular complexity index is 1120. The Morgan fingerprint density at radius 3 is 2.71 bits per heavy atom. The van der Waals surface area contributed by atoms with Gasteiger partial charge in [-0.2, -0.15) is 0 Å². The van der Waals surface area contributed by atoms with Crippen molar-refractivity contribution in [1.82, 2.24) is 29.9 Å². The molecular weight excluding hydrogens is 402 g/mol. The molecule has 1 atom stereocenters. The fourth-order valence-corrected chi connectivity index (χ4v) is 4.51. The molecule has 3 aliphatic rings. The van der Waals surface area contributed by atoms with E-state index in [4.69, 9.17) is 5.73 Å². The van der Waals surface area contributed by atoms with Gasteiger partial charge in [-0.15, -0.1) is 10.2 Å². The zero-order valence-electron chi connectivity index (χ0n) is 16.7. The number of nitrogens with two attached hydrogens (primary N) is 1. The lowest BCUT2D eigenvalue weighted by Crippen LogP contribution is -2.54. The lowest BCUT2D eigenvalue weighted by molar-refractivity contribution is -0.136. The van der Waals surface area contributed by atoms with Crippen molar-refractivity contribution in [3.63, 3.8) is 0 Å². The van der Waals surface area contributed by atoms with Crippen LogP contribution in [-0.4, -0.2) is 60.8 Å². The standard InChI is InChI=1S/C20H21N7O4/c21-8-14-23-24-15-10-25(6-7-26(14)15)9-11-2-1-3-12-17(11)20(31)27(19(12)30)13-4-5-16(28)22-18(13)29/h1-3,13H,4-10,21H2,(H,22,28,29). The first kappa shape index (κ1) is 19.5. The highest BCUT2D eigenvalue weighted by atomic mass is 16.2. The first-order chi connectivity index (χ1) is 15.0. The maximum atomic E-state index is 13.2. The third-order valence-electron chi connectivity index (χ3n) is 6.04. The number of hydrogen-bond acceptors (Lipinski definition) is 8. The number of imide groups is 2. The van der Waals surface area contributed by atoms with Gasteiger partial charge in [-0.25, -0.2) is 0 Å². The van der Waals surface area contributed by atoms with Crippen molar-refractivity contribution >= 4 is 23.6 Å². The number of piperidine rings is 1. The Kier molecular flexibility index (Phi) is 4.63. The van der Waals surface area contributed by atoms with Gasteiger partial charge in [0.1, 0.15) is 17.7 Å². The van der Waals surface area contributed by atoms with Crippen molar-refractivity contribution in [2.75, 3.05) is 6.54 Å². The molecule has 31 heavy (non-hydrogen) atoms.